The Morgan fingerprint density at radius 2 is 1.76 bits per heavy atom. The summed E-state index contributed by atoms with van der Waals surface area (Å²) in [4.78, 5) is 10.8. The smallest absolute Gasteiger partial charge is 0.173 e. The van der Waals surface area contributed by atoms with Crippen molar-refractivity contribution in [3.63, 3.8) is 0 Å². The molecule has 0 fully saturated rings. The molecule has 1 rings (SSSR count). The van der Waals surface area contributed by atoms with Crippen molar-refractivity contribution in [2.75, 3.05) is 0 Å². The quantitative estimate of drug-likeness (QED) is 0.465. The maximum atomic E-state index is 13.2. The summed E-state index contributed by atoms with van der Waals surface area (Å²) in [5.74, 6) is -3.35. The van der Waals surface area contributed by atoms with E-state index in [1.165, 1.54) is 0 Å². The summed E-state index contributed by atoms with van der Waals surface area (Å²) in [6.07, 6.45) is 2.18. The van der Waals surface area contributed by atoms with Gasteiger partial charge in [-0.05, 0) is 30.9 Å². The Labute approximate surface area is 97.0 Å². The molecule has 1 aromatic rings. The molecule has 0 aromatic heterocycles. The van der Waals surface area contributed by atoms with Gasteiger partial charge in [0.1, 0.15) is 5.82 Å². The van der Waals surface area contributed by atoms with Crippen LogP contribution in [0.2, 0.25) is 0 Å². The Balaban J connectivity index is 2.49. The van der Waals surface area contributed by atoms with Crippen molar-refractivity contribution in [2.45, 2.75) is 25.7 Å². The van der Waals surface area contributed by atoms with E-state index in [2.05, 4.69) is 0 Å². The highest BCUT2D eigenvalue weighted by molar-refractivity contribution is 6.26. The fourth-order valence-corrected chi connectivity index (χ4v) is 1.44. The Morgan fingerprint density at radius 1 is 1.12 bits per heavy atom. The number of unbranched alkanes of at least 4 members (excludes halogenated alkanes) is 1. The predicted octanol–water partition coefficient (Wildman–Crippen LogP) is 3.04. The van der Waals surface area contributed by atoms with Crippen molar-refractivity contribution in [3.8, 4) is 0 Å². The van der Waals surface area contributed by atoms with Gasteiger partial charge in [-0.25, -0.2) is 13.2 Å². The minimum Gasteiger partial charge on any atom is -0.305 e. The van der Waals surface area contributed by atoms with E-state index in [0.717, 1.165) is 12.3 Å². The number of carbonyl (C=O) groups excluding carboxylic acids is 1. The van der Waals surface area contributed by atoms with E-state index in [4.69, 9.17) is 5.41 Å². The fourth-order valence-electron chi connectivity index (χ4n) is 1.44. The van der Waals surface area contributed by atoms with Gasteiger partial charge in [-0.3, -0.25) is 4.79 Å². The van der Waals surface area contributed by atoms with Crippen LogP contribution in [0.4, 0.5) is 13.2 Å². The lowest BCUT2D eigenvalue weighted by molar-refractivity contribution is -0.112. The molecule has 0 amide bonds. The number of hydrogen-bond donors (Lipinski definition) is 1. The van der Waals surface area contributed by atoms with Gasteiger partial charge < -0.3 is 5.41 Å². The third kappa shape index (κ3) is 4.01. The monoisotopic (exact) mass is 243 g/mol. The van der Waals surface area contributed by atoms with E-state index >= 15 is 0 Å². The number of hydrogen-bond acceptors (Lipinski definition) is 2. The number of ketones is 1. The predicted molar refractivity (Wildman–Crippen MR) is 57.7 cm³/mol. The zero-order valence-corrected chi connectivity index (χ0v) is 9.10. The summed E-state index contributed by atoms with van der Waals surface area (Å²) >= 11 is 0. The molecule has 0 bridgehead atoms. The van der Waals surface area contributed by atoms with Gasteiger partial charge in [-0.2, -0.15) is 0 Å². The molecule has 0 heterocycles. The lowest BCUT2D eigenvalue weighted by Gasteiger charge is -2.03. The molecule has 17 heavy (non-hydrogen) atoms. The summed E-state index contributed by atoms with van der Waals surface area (Å²) in [7, 11) is 0. The average molecular weight is 243 g/mol. The zero-order chi connectivity index (χ0) is 12.8. The van der Waals surface area contributed by atoms with Crippen LogP contribution in [0.3, 0.4) is 0 Å². The fraction of sp³-hybridized carbons (Fsp3) is 0.333. The number of halogens is 3. The molecular weight excluding hydrogens is 231 g/mol. The molecule has 1 aromatic carbocycles. The van der Waals surface area contributed by atoms with Crippen LogP contribution in [-0.4, -0.2) is 12.0 Å². The lowest BCUT2D eigenvalue weighted by atomic mass is 10.1. The summed E-state index contributed by atoms with van der Waals surface area (Å²) in [5.41, 5.74) is 0.103. The molecule has 0 unspecified atom stereocenters. The van der Waals surface area contributed by atoms with Gasteiger partial charge in [0, 0.05) is 12.5 Å². The van der Waals surface area contributed by atoms with Gasteiger partial charge >= 0.3 is 0 Å². The molecule has 0 aliphatic carbocycles. The maximum absolute atomic E-state index is 13.2. The van der Waals surface area contributed by atoms with Crippen LogP contribution >= 0.6 is 0 Å². The van der Waals surface area contributed by atoms with Crippen LogP contribution in [0.25, 0.3) is 0 Å². The lowest BCUT2D eigenvalue weighted by Crippen LogP contribution is -1.99. The molecule has 0 aliphatic rings. The topological polar surface area (TPSA) is 40.9 Å². The third-order valence-electron chi connectivity index (χ3n) is 2.37. The van der Waals surface area contributed by atoms with E-state index in [-0.39, 0.29) is 24.2 Å². The number of aryl methyl sites for hydroxylation is 1. The van der Waals surface area contributed by atoms with Crippen molar-refractivity contribution in [1.82, 2.24) is 0 Å². The van der Waals surface area contributed by atoms with Crippen LogP contribution in [0.1, 0.15) is 24.8 Å². The van der Waals surface area contributed by atoms with Crippen molar-refractivity contribution in [2.24, 2.45) is 0 Å². The van der Waals surface area contributed by atoms with Crippen LogP contribution in [0.15, 0.2) is 12.1 Å². The number of benzene rings is 1. The SMILES string of the molecule is N=CC(=O)CCCCc1cc(F)c(F)cc1F. The highest BCUT2D eigenvalue weighted by atomic mass is 19.2. The largest absolute Gasteiger partial charge is 0.305 e. The van der Waals surface area contributed by atoms with Crippen LogP contribution < -0.4 is 0 Å². The number of carbonyl (C=O) groups is 1. The number of nitrogens with one attached hydrogen (secondary N) is 1. The Bertz CT molecular complexity index is 432. The standard InChI is InChI=1S/C12H12F3NO/c13-10-6-12(15)11(14)5-8(10)3-1-2-4-9(17)7-16/h5-7,16H,1-4H2. The van der Waals surface area contributed by atoms with E-state index < -0.39 is 17.5 Å². The molecule has 0 spiro atoms. The van der Waals surface area contributed by atoms with Crippen molar-refractivity contribution >= 4 is 12.0 Å². The van der Waals surface area contributed by atoms with Gasteiger partial charge in [0.25, 0.3) is 0 Å². The summed E-state index contributed by atoms with van der Waals surface area (Å²) in [6.45, 7) is 0. The highest BCUT2D eigenvalue weighted by Crippen LogP contribution is 2.16. The minimum atomic E-state index is -1.20. The maximum Gasteiger partial charge on any atom is 0.173 e. The molecular formula is C12H12F3NO. The first kappa shape index (κ1) is 13.4. The highest BCUT2D eigenvalue weighted by Gasteiger charge is 2.09. The van der Waals surface area contributed by atoms with E-state index in [9.17, 15) is 18.0 Å². The molecule has 0 aliphatic heterocycles. The van der Waals surface area contributed by atoms with E-state index in [0.29, 0.717) is 18.9 Å². The minimum absolute atomic E-state index is 0.103. The normalized spacial score (nSPS) is 10.3. The molecule has 0 saturated carbocycles. The Morgan fingerprint density at radius 3 is 2.41 bits per heavy atom. The van der Waals surface area contributed by atoms with Crippen LogP contribution in [0.5, 0.6) is 0 Å². The van der Waals surface area contributed by atoms with Crippen molar-refractivity contribution in [3.05, 3.63) is 35.1 Å². The third-order valence-corrected chi connectivity index (χ3v) is 2.37. The van der Waals surface area contributed by atoms with Gasteiger partial charge in [-0.15, -0.1) is 0 Å². The van der Waals surface area contributed by atoms with E-state index in [1.54, 1.807) is 0 Å². The van der Waals surface area contributed by atoms with Crippen molar-refractivity contribution < 1.29 is 18.0 Å². The first-order chi connectivity index (χ1) is 8.04. The van der Waals surface area contributed by atoms with Crippen LogP contribution in [-0.2, 0) is 11.2 Å². The zero-order valence-electron chi connectivity index (χ0n) is 9.10. The average Bonchev–Trinajstić information content (AvgIpc) is 2.30. The summed E-state index contributed by atoms with van der Waals surface area (Å²) in [6, 6.07) is 1.36. The second-order valence-corrected chi connectivity index (χ2v) is 3.68. The van der Waals surface area contributed by atoms with Gasteiger partial charge in [0.2, 0.25) is 0 Å². The molecule has 0 radical (unpaired) electrons. The number of Topliss-reactive ketones (excluding diaryl/α,β-unsaturated/α-hetero) is 1. The Kier molecular flexibility index (Phi) is 4.87. The summed E-state index contributed by atoms with van der Waals surface area (Å²) < 4.78 is 38.6. The molecule has 2 nitrogen and oxygen atoms in total. The Hall–Kier alpha value is -1.65. The first-order valence-electron chi connectivity index (χ1n) is 5.21. The van der Waals surface area contributed by atoms with Gasteiger partial charge in [0.05, 0.1) is 6.21 Å². The second kappa shape index (κ2) is 6.18. The molecule has 1 N–H and O–H groups in total. The first-order valence-corrected chi connectivity index (χ1v) is 5.21. The van der Waals surface area contributed by atoms with Gasteiger partial charge in [-0.1, -0.05) is 0 Å². The molecule has 92 valence electrons. The molecule has 0 atom stereocenters. The van der Waals surface area contributed by atoms with Crippen molar-refractivity contribution in [1.29, 1.82) is 5.41 Å². The van der Waals surface area contributed by atoms with Gasteiger partial charge in [0.15, 0.2) is 17.4 Å². The second-order valence-electron chi connectivity index (χ2n) is 3.68. The van der Waals surface area contributed by atoms with E-state index in [1.807, 2.05) is 0 Å². The summed E-state index contributed by atoms with van der Waals surface area (Å²) in [5, 5.41) is 6.67. The molecule has 0 saturated heterocycles. The molecule has 5 heteroatoms. The van der Waals surface area contributed by atoms with Crippen LogP contribution in [0, 0.1) is 22.9 Å². The number of rotatable bonds is 6.